The number of fused-ring (bicyclic) bond motifs is 2. The lowest BCUT2D eigenvalue weighted by molar-refractivity contribution is -0.154. The minimum absolute atomic E-state index is 0.0621. The molecule has 228 valence electrons. The van der Waals surface area contributed by atoms with Crippen molar-refractivity contribution in [1.29, 1.82) is 0 Å². The number of benzene rings is 4. The zero-order valence-electron chi connectivity index (χ0n) is 24.5. The fourth-order valence-corrected chi connectivity index (χ4v) is 7.15. The molecule has 0 bridgehead atoms. The molecule has 8 nitrogen and oxygen atoms in total. The van der Waals surface area contributed by atoms with E-state index in [9.17, 15) is 19.2 Å². The first-order valence-electron chi connectivity index (χ1n) is 14.8. The van der Waals surface area contributed by atoms with E-state index in [1.165, 1.54) is 16.7 Å². The van der Waals surface area contributed by atoms with Gasteiger partial charge in [0.05, 0.1) is 12.0 Å². The lowest BCUT2D eigenvalue weighted by Crippen LogP contribution is -2.70. The fraction of sp³-hybridized carbons (Fsp3) is 0.135. The summed E-state index contributed by atoms with van der Waals surface area (Å²) in [5.74, 6) is -1.27. The van der Waals surface area contributed by atoms with Crippen molar-refractivity contribution >= 4 is 41.3 Å². The summed E-state index contributed by atoms with van der Waals surface area (Å²) in [6.07, 6.45) is 1.02. The number of thioether (sulfide) groups is 1. The Morgan fingerprint density at radius 2 is 1.43 bits per heavy atom. The van der Waals surface area contributed by atoms with Crippen molar-refractivity contribution in [3.8, 4) is 0 Å². The lowest BCUT2D eigenvalue weighted by Gasteiger charge is -2.49. The number of esters is 2. The number of cyclic esters (lactones) is 1. The van der Waals surface area contributed by atoms with Crippen LogP contribution in [0.2, 0.25) is 0 Å². The van der Waals surface area contributed by atoms with Crippen molar-refractivity contribution in [2.75, 3.05) is 5.75 Å². The molecule has 0 unspecified atom stereocenters. The van der Waals surface area contributed by atoms with E-state index in [1.54, 1.807) is 30.3 Å². The molecular formula is C37H28N2O6S. The highest BCUT2D eigenvalue weighted by Crippen LogP contribution is 2.43. The van der Waals surface area contributed by atoms with Crippen molar-refractivity contribution in [1.82, 2.24) is 10.2 Å². The first-order valence-corrected chi connectivity index (χ1v) is 15.9. The Kier molecular flexibility index (Phi) is 7.98. The standard InChI is InChI=1S/C37H28N2O6S/c40-30(20-23-12-4-1-5-13-23)38-31-34(41)39-32(37(43)45-33(24-14-6-2-7-15-24)25-16-8-3-9-17-25)26(22-46-35(31)39)21-29-27-18-10-11-19-28(27)36(42)44-29/h1-19,21,31,33,35H,20,22H2,(H,38,40)/b29-21+/t31-,35-/m1/s1. The number of β-lactam (4-membered cyclic amide) rings is 1. The Morgan fingerprint density at radius 1 is 0.848 bits per heavy atom. The number of carbonyl (C=O) groups is 4. The number of carbonyl (C=O) groups excluding carboxylic acids is 4. The van der Waals surface area contributed by atoms with Gasteiger partial charge in [0, 0.05) is 11.3 Å². The summed E-state index contributed by atoms with van der Waals surface area (Å²) in [6, 6.07) is 34.3. The van der Waals surface area contributed by atoms with E-state index in [0.29, 0.717) is 28.2 Å². The predicted octanol–water partition coefficient (Wildman–Crippen LogP) is 5.43. The topological polar surface area (TPSA) is 102 Å². The second-order valence-electron chi connectivity index (χ2n) is 11.0. The molecule has 3 aliphatic rings. The summed E-state index contributed by atoms with van der Waals surface area (Å²) < 4.78 is 11.8. The van der Waals surface area contributed by atoms with Crippen molar-refractivity contribution in [3.63, 3.8) is 0 Å². The van der Waals surface area contributed by atoms with Gasteiger partial charge >= 0.3 is 11.9 Å². The molecule has 1 fully saturated rings. The minimum atomic E-state index is -0.803. The minimum Gasteiger partial charge on any atom is -0.448 e. The molecule has 0 spiro atoms. The van der Waals surface area contributed by atoms with Gasteiger partial charge in [-0.05, 0) is 34.4 Å². The second-order valence-corrected chi connectivity index (χ2v) is 12.1. The molecule has 1 N–H and O–H groups in total. The van der Waals surface area contributed by atoms with Crippen LogP contribution in [0.15, 0.2) is 133 Å². The first-order chi connectivity index (χ1) is 22.5. The number of ether oxygens (including phenoxy) is 2. The summed E-state index contributed by atoms with van der Waals surface area (Å²) in [5, 5.41) is 2.35. The molecule has 3 heterocycles. The Morgan fingerprint density at radius 3 is 2.09 bits per heavy atom. The molecule has 0 aromatic heterocycles. The monoisotopic (exact) mass is 628 g/mol. The number of nitrogens with zero attached hydrogens (tertiary/aromatic N) is 1. The van der Waals surface area contributed by atoms with Crippen molar-refractivity contribution in [2.24, 2.45) is 0 Å². The van der Waals surface area contributed by atoms with Gasteiger partial charge in [-0.25, -0.2) is 9.59 Å². The third kappa shape index (κ3) is 5.61. The lowest BCUT2D eigenvalue weighted by atomic mass is 9.99. The Bertz CT molecular complexity index is 1850. The van der Waals surface area contributed by atoms with Crippen LogP contribution in [0.1, 0.15) is 38.7 Å². The normalized spacial score (nSPS) is 19.3. The van der Waals surface area contributed by atoms with Gasteiger partial charge in [-0.15, -0.1) is 11.8 Å². The molecule has 9 heteroatoms. The second kappa shape index (κ2) is 12.5. The molecule has 1 saturated heterocycles. The van der Waals surface area contributed by atoms with Gasteiger partial charge in [0.2, 0.25) is 5.91 Å². The molecule has 2 amide bonds. The van der Waals surface area contributed by atoms with E-state index in [0.717, 1.165) is 16.7 Å². The van der Waals surface area contributed by atoms with Crippen LogP contribution in [0.4, 0.5) is 0 Å². The maximum absolute atomic E-state index is 14.2. The Hall–Kier alpha value is -5.41. The van der Waals surface area contributed by atoms with E-state index in [-0.39, 0.29) is 18.0 Å². The van der Waals surface area contributed by atoms with Crippen LogP contribution in [0, 0.1) is 0 Å². The van der Waals surface area contributed by atoms with E-state index in [4.69, 9.17) is 9.47 Å². The largest absolute Gasteiger partial charge is 0.448 e. The maximum atomic E-state index is 14.2. The molecule has 46 heavy (non-hydrogen) atoms. The molecule has 3 aliphatic heterocycles. The summed E-state index contributed by atoms with van der Waals surface area (Å²) in [4.78, 5) is 54.8. The Labute approximate surface area is 269 Å². The average molecular weight is 629 g/mol. The van der Waals surface area contributed by atoms with Crippen LogP contribution >= 0.6 is 11.8 Å². The zero-order valence-corrected chi connectivity index (χ0v) is 25.3. The highest BCUT2D eigenvalue weighted by atomic mass is 32.2. The number of allylic oxidation sites excluding steroid dienone is 1. The SMILES string of the molecule is O=C(Cc1ccccc1)N[C@@H]1C(=O)N2C(C(=O)OC(c3ccccc3)c3ccccc3)=C(/C=C3/OC(=O)c4ccccc43)CS[C@H]12. The average Bonchev–Trinajstić information content (AvgIpc) is 3.41. The van der Waals surface area contributed by atoms with Crippen molar-refractivity contribution in [3.05, 3.63) is 160 Å². The van der Waals surface area contributed by atoms with E-state index in [2.05, 4.69) is 5.32 Å². The van der Waals surface area contributed by atoms with Crippen LogP contribution in [-0.2, 0) is 30.3 Å². The van der Waals surface area contributed by atoms with E-state index < -0.39 is 35.4 Å². The molecule has 4 aromatic carbocycles. The van der Waals surface area contributed by atoms with Gasteiger partial charge in [-0.2, -0.15) is 0 Å². The summed E-state index contributed by atoms with van der Waals surface area (Å²) in [5.41, 5.74) is 3.94. The number of hydrogen-bond acceptors (Lipinski definition) is 7. The van der Waals surface area contributed by atoms with Crippen LogP contribution < -0.4 is 5.32 Å². The van der Waals surface area contributed by atoms with Crippen LogP contribution in [-0.4, -0.2) is 45.8 Å². The van der Waals surface area contributed by atoms with Gasteiger partial charge in [0.15, 0.2) is 6.10 Å². The van der Waals surface area contributed by atoms with Crippen LogP contribution in [0.3, 0.4) is 0 Å². The summed E-state index contributed by atoms with van der Waals surface area (Å²) in [6.45, 7) is 0. The highest BCUT2D eigenvalue weighted by molar-refractivity contribution is 8.00. The maximum Gasteiger partial charge on any atom is 0.356 e. The molecular weight excluding hydrogens is 600 g/mol. The Balaban J connectivity index is 1.23. The highest BCUT2D eigenvalue weighted by Gasteiger charge is 2.54. The molecule has 0 aliphatic carbocycles. The quantitative estimate of drug-likeness (QED) is 0.205. The molecule has 0 saturated carbocycles. The third-order valence-electron chi connectivity index (χ3n) is 8.07. The molecule has 7 rings (SSSR count). The number of rotatable bonds is 8. The molecule has 4 aromatic rings. The number of amides is 2. The number of nitrogens with one attached hydrogen (secondary N) is 1. The molecule has 2 atom stereocenters. The van der Waals surface area contributed by atoms with Crippen molar-refractivity contribution < 1.29 is 28.7 Å². The van der Waals surface area contributed by atoms with Crippen LogP contribution in [0.25, 0.3) is 5.76 Å². The first kappa shape index (κ1) is 29.3. The summed E-state index contributed by atoms with van der Waals surface area (Å²) in [7, 11) is 0. The molecule has 0 radical (unpaired) electrons. The van der Waals surface area contributed by atoms with Crippen molar-refractivity contribution in [2.45, 2.75) is 23.9 Å². The fourth-order valence-electron chi connectivity index (χ4n) is 5.85. The smallest absolute Gasteiger partial charge is 0.356 e. The van der Waals surface area contributed by atoms with Gasteiger partial charge in [0.1, 0.15) is 22.9 Å². The number of hydrogen-bond donors (Lipinski definition) is 1. The van der Waals surface area contributed by atoms with Gasteiger partial charge in [-0.1, -0.05) is 109 Å². The van der Waals surface area contributed by atoms with Crippen LogP contribution in [0.5, 0.6) is 0 Å². The third-order valence-corrected chi connectivity index (χ3v) is 9.37. The summed E-state index contributed by atoms with van der Waals surface area (Å²) >= 11 is 1.42. The predicted molar refractivity (Wildman–Crippen MR) is 173 cm³/mol. The van der Waals surface area contributed by atoms with Gasteiger partial charge < -0.3 is 14.8 Å². The van der Waals surface area contributed by atoms with Gasteiger partial charge in [-0.3, -0.25) is 14.5 Å². The van der Waals surface area contributed by atoms with E-state index in [1.807, 2.05) is 91.0 Å². The van der Waals surface area contributed by atoms with Gasteiger partial charge in [0.25, 0.3) is 5.91 Å². The van der Waals surface area contributed by atoms with E-state index >= 15 is 0 Å². The zero-order chi connectivity index (χ0) is 31.6.